The second-order valence-electron chi connectivity index (χ2n) is 7.09. The quantitative estimate of drug-likeness (QED) is 0.314. The summed E-state index contributed by atoms with van der Waals surface area (Å²) in [7, 11) is 0. The highest BCUT2D eigenvalue weighted by atomic mass is 32.1. The van der Waals surface area contributed by atoms with E-state index in [4.69, 9.17) is 9.47 Å². The molecule has 150 valence electrons. The van der Waals surface area contributed by atoms with E-state index in [9.17, 15) is 20.1 Å². The molecule has 0 bridgehead atoms. The van der Waals surface area contributed by atoms with Crippen molar-refractivity contribution in [2.75, 3.05) is 18.5 Å². The summed E-state index contributed by atoms with van der Waals surface area (Å²) in [6.45, 7) is 6.93. The van der Waals surface area contributed by atoms with Crippen LogP contribution in [0.4, 0.5) is 5.69 Å². The smallest absolute Gasteiger partial charge is 0.349 e. The van der Waals surface area contributed by atoms with E-state index in [1.54, 1.807) is 0 Å². The van der Waals surface area contributed by atoms with Crippen LogP contribution in [0, 0.1) is 28.1 Å². The first-order valence-electron chi connectivity index (χ1n) is 8.83. The Morgan fingerprint density at radius 1 is 1.31 bits per heavy atom. The molecule has 0 spiro atoms. The molecule has 0 unspecified atom stereocenters. The van der Waals surface area contributed by atoms with Gasteiger partial charge in [-0.15, -0.1) is 0 Å². The zero-order chi connectivity index (χ0) is 21.4. The molecule has 1 aromatic rings. The van der Waals surface area contributed by atoms with Crippen molar-refractivity contribution in [1.29, 1.82) is 10.5 Å². The molecule has 1 aliphatic carbocycles. The molecule has 1 aliphatic rings. The fourth-order valence-corrected chi connectivity index (χ4v) is 3.58. The van der Waals surface area contributed by atoms with Gasteiger partial charge in [0.05, 0.1) is 5.57 Å². The third-order valence-corrected chi connectivity index (χ3v) is 4.87. The normalized spacial score (nSPS) is 16.8. The van der Waals surface area contributed by atoms with Crippen LogP contribution in [0.2, 0.25) is 0 Å². The Balaban J connectivity index is 2.32. The van der Waals surface area contributed by atoms with Gasteiger partial charge in [0.15, 0.2) is 0 Å². The molecular formula is C21H21N3O4S. The summed E-state index contributed by atoms with van der Waals surface area (Å²) in [5.74, 6) is -1.48. The van der Waals surface area contributed by atoms with Gasteiger partial charge in [-0.25, -0.2) is 9.59 Å². The molecule has 0 amide bonds. The number of esters is 2. The predicted octanol–water partition coefficient (Wildman–Crippen LogP) is 3.85. The van der Waals surface area contributed by atoms with E-state index in [-0.39, 0.29) is 29.8 Å². The number of anilines is 1. The van der Waals surface area contributed by atoms with Gasteiger partial charge in [-0.2, -0.15) is 21.9 Å². The second kappa shape index (κ2) is 9.72. The van der Waals surface area contributed by atoms with Crippen molar-refractivity contribution in [2.45, 2.75) is 26.7 Å². The minimum atomic E-state index is -0.850. The van der Waals surface area contributed by atoms with Crippen molar-refractivity contribution in [3.63, 3.8) is 0 Å². The molecule has 1 heterocycles. The second-order valence-corrected chi connectivity index (χ2v) is 7.87. The van der Waals surface area contributed by atoms with Crippen LogP contribution in [0.1, 0.15) is 26.7 Å². The Bertz CT molecular complexity index is 944. The number of thiophene rings is 1. The first-order chi connectivity index (χ1) is 13.8. The molecule has 0 fully saturated rings. The largest absolute Gasteiger partial charge is 0.459 e. The maximum Gasteiger partial charge on any atom is 0.349 e. The number of nitrogens with zero attached hydrogens (tertiary/aromatic N) is 2. The monoisotopic (exact) mass is 411 g/mol. The fraction of sp³-hybridized carbons (Fsp3) is 0.333. The van der Waals surface area contributed by atoms with Crippen LogP contribution in [0.25, 0.3) is 0 Å². The lowest BCUT2D eigenvalue weighted by Crippen LogP contribution is -2.25. The van der Waals surface area contributed by atoms with E-state index in [1.807, 2.05) is 36.7 Å². The van der Waals surface area contributed by atoms with Gasteiger partial charge in [-0.3, -0.25) is 0 Å². The van der Waals surface area contributed by atoms with E-state index < -0.39 is 11.9 Å². The molecule has 0 atom stereocenters. The Hall–Kier alpha value is -3.36. The third-order valence-electron chi connectivity index (χ3n) is 4.19. The van der Waals surface area contributed by atoms with Crippen molar-refractivity contribution in [3.05, 3.63) is 51.9 Å². The lowest BCUT2D eigenvalue weighted by Gasteiger charge is -2.33. The van der Waals surface area contributed by atoms with Gasteiger partial charge in [-0.1, -0.05) is 20.4 Å². The highest BCUT2D eigenvalue weighted by molar-refractivity contribution is 7.08. The zero-order valence-electron chi connectivity index (χ0n) is 16.3. The summed E-state index contributed by atoms with van der Waals surface area (Å²) >= 11 is 1.52. The van der Waals surface area contributed by atoms with E-state index in [0.717, 1.165) is 11.8 Å². The van der Waals surface area contributed by atoms with Crippen molar-refractivity contribution >= 4 is 29.0 Å². The van der Waals surface area contributed by atoms with Gasteiger partial charge in [0.25, 0.3) is 0 Å². The number of hydrogen-bond acceptors (Lipinski definition) is 8. The van der Waals surface area contributed by atoms with Gasteiger partial charge in [0, 0.05) is 22.8 Å². The van der Waals surface area contributed by atoms with Gasteiger partial charge in [0.2, 0.25) is 0 Å². The number of allylic oxidation sites excluding steroid dienone is 3. The van der Waals surface area contributed by atoms with Crippen LogP contribution in [-0.2, 0) is 19.1 Å². The highest BCUT2D eigenvalue weighted by Crippen LogP contribution is 2.43. The topological polar surface area (TPSA) is 112 Å². The summed E-state index contributed by atoms with van der Waals surface area (Å²) in [4.78, 5) is 23.5. The lowest BCUT2D eigenvalue weighted by molar-refractivity contribution is -0.146. The first kappa shape index (κ1) is 21.9. The van der Waals surface area contributed by atoms with E-state index in [0.29, 0.717) is 24.1 Å². The number of hydrogen-bond donors (Lipinski definition) is 1. The molecule has 0 saturated carbocycles. The maximum absolute atomic E-state index is 12.5. The Labute approximate surface area is 173 Å². The van der Waals surface area contributed by atoms with Crippen LogP contribution in [0.3, 0.4) is 0 Å². The first-order valence-corrected chi connectivity index (χ1v) is 9.78. The number of ether oxygens (including phenoxy) is 2. The fourth-order valence-electron chi connectivity index (χ4n) is 2.99. The Morgan fingerprint density at radius 3 is 2.62 bits per heavy atom. The number of rotatable bonds is 7. The summed E-state index contributed by atoms with van der Waals surface area (Å²) in [5.41, 5.74) is 1.67. The van der Waals surface area contributed by atoms with Crippen molar-refractivity contribution in [1.82, 2.24) is 0 Å². The minimum absolute atomic E-state index is 0.151. The van der Waals surface area contributed by atoms with Crippen LogP contribution < -0.4 is 5.32 Å². The predicted molar refractivity (Wildman–Crippen MR) is 108 cm³/mol. The highest BCUT2D eigenvalue weighted by Gasteiger charge is 2.34. The number of carbonyl (C=O) groups is 2. The average molecular weight is 411 g/mol. The zero-order valence-corrected chi connectivity index (χ0v) is 17.1. The van der Waals surface area contributed by atoms with Crippen molar-refractivity contribution < 1.29 is 19.1 Å². The molecule has 7 nitrogen and oxygen atoms in total. The Morgan fingerprint density at radius 2 is 2.03 bits per heavy atom. The summed E-state index contributed by atoms with van der Waals surface area (Å²) in [5, 5.41) is 26.4. The van der Waals surface area contributed by atoms with Gasteiger partial charge < -0.3 is 14.8 Å². The molecule has 0 radical (unpaired) electrons. The summed E-state index contributed by atoms with van der Waals surface area (Å²) in [6.07, 6.45) is 1.98. The summed E-state index contributed by atoms with van der Waals surface area (Å²) < 4.78 is 9.81. The molecule has 0 aliphatic heterocycles. The maximum atomic E-state index is 12.5. The van der Waals surface area contributed by atoms with Crippen LogP contribution in [0.5, 0.6) is 0 Å². The molecule has 1 aromatic heterocycles. The average Bonchev–Trinajstić information content (AvgIpc) is 3.17. The van der Waals surface area contributed by atoms with Gasteiger partial charge in [-0.05, 0) is 35.3 Å². The summed E-state index contributed by atoms with van der Waals surface area (Å²) in [6, 6.07) is 5.91. The molecule has 8 heteroatoms. The van der Waals surface area contributed by atoms with Crippen molar-refractivity contribution in [3.8, 4) is 12.1 Å². The SMILES string of the molecule is C=CC(=O)OCCOC(=O)/C(C#N)=C1/CC(C)(C)CC(Nc2ccsc2)=C1C#N. The molecule has 29 heavy (non-hydrogen) atoms. The molecule has 2 rings (SSSR count). The molecule has 0 saturated heterocycles. The van der Waals surface area contributed by atoms with E-state index in [1.165, 1.54) is 11.3 Å². The molecule has 0 aromatic carbocycles. The van der Waals surface area contributed by atoms with E-state index in [2.05, 4.69) is 18.0 Å². The van der Waals surface area contributed by atoms with Gasteiger partial charge in [0.1, 0.15) is 30.9 Å². The molecular weight excluding hydrogens is 390 g/mol. The lowest BCUT2D eigenvalue weighted by atomic mass is 9.73. The minimum Gasteiger partial charge on any atom is -0.459 e. The number of carbonyl (C=O) groups excluding carboxylic acids is 2. The Kier molecular flexibility index (Phi) is 7.35. The van der Waals surface area contributed by atoms with Crippen LogP contribution in [0.15, 0.2) is 51.9 Å². The number of nitriles is 2. The van der Waals surface area contributed by atoms with Crippen molar-refractivity contribution in [2.24, 2.45) is 5.41 Å². The number of nitrogens with one attached hydrogen (secondary N) is 1. The van der Waals surface area contributed by atoms with E-state index >= 15 is 0 Å². The third kappa shape index (κ3) is 5.81. The molecule has 1 N–H and O–H groups in total. The van der Waals surface area contributed by atoms with Crippen LogP contribution >= 0.6 is 11.3 Å². The standard InChI is InChI=1S/C21H21N3O4S/c1-4-19(25)27-6-7-28-20(26)17(12-23)15-9-21(2,3)10-18(16(15)11-22)24-14-5-8-29-13-14/h4-5,8,13,24H,1,6-7,9-10H2,2-3H3/b17-15-. The van der Waals surface area contributed by atoms with Gasteiger partial charge >= 0.3 is 11.9 Å². The van der Waals surface area contributed by atoms with Crippen LogP contribution in [-0.4, -0.2) is 25.2 Å².